The van der Waals surface area contributed by atoms with Crippen molar-refractivity contribution in [2.24, 2.45) is 0 Å². The second-order valence-electron chi connectivity index (χ2n) is 4.99. The molecule has 3 aromatic heterocycles. The summed E-state index contributed by atoms with van der Waals surface area (Å²) >= 11 is 8.93. The van der Waals surface area contributed by atoms with Crippen LogP contribution in [0.3, 0.4) is 0 Å². The molecule has 3 heterocycles. The van der Waals surface area contributed by atoms with Crippen molar-refractivity contribution in [2.45, 2.75) is 10.9 Å². The third-order valence-electron chi connectivity index (χ3n) is 3.40. The van der Waals surface area contributed by atoms with Crippen LogP contribution in [-0.2, 0) is 5.75 Å². The molecule has 0 aliphatic heterocycles. The van der Waals surface area contributed by atoms with Crippen LogP contribution in [-0.4, -0.2) is 19.7 Å². The number of thioether (sulfide) groups is 1. The lowest BCUT2D eigenvalue weighted by molar-refractivity contribution is 0.873. The van der Waals surface area contributed by atoms with Crippen molar-refractivity contribution in [1.82, 2.24) is 19.7 Å². The molecule has 0 atom stereocenters. The van der Waals surface area contributed by atoms with Gasteiger partial charge in [0.15, 0.2) is 10.8 Å². The van der Waals surface area contributed by atoms with Crippen LogP contribution in [0.15, 0.2) is 58.6 Å². The number of fused-ring (bicyclic) bond motifs is 1. The summed E-state index contributed by atoms with van der Waals surface area (Å²) in [6.45, 7) is 0. The van der Waals surface area contributed by atoms with Crippen molar-refractivity contribution in [2.75, 3.05) is 0 Å². The second-order valence-corrected chi connectivity index (χ2v) is 7.76. The molecule has 0 radical (unpaired) electrons. The maximum absolute atomic E-state index is 12.3. The van der Waals surface area contributed by atoms with Crippen LogP contribution < -0.4 is 5.56 Å². The molecule has 0 bridgehead atoms. The predicted octanol–water partition coefficient (Wildman–Crippen LogP) is 4.12. The van der Waals surface area contributed by atoms with Crippen molar-refractivity contribution in [3.8, 4) is 5.69 Å². The summed E-state index contributed by atoms with van der Waals surface area (Å²) in [4.78, 5) is 20.8. The van der Waals surface area contributed by atoms with Crippen molar-refractivity contribution >= 4 is 45.7 Å². The van der Waals surface area contributed by atoms with Crippen molar-refractivity contribution in [3.05, 3.63) is 68.2 Å². The molecular formula is C16H11ClN4OS2. The lowest BCUT2D eigenvalue weighted by Gasteiger charge is -2.04. The van der Waals surface area contributed by atoms with Gasteiger partial charge in [-0.1, -0.05) is 41.6 Å². The Morgan fingerprint density at radius 1 is 1.21 bits per heavy atom. The molecule has 0 saturated carbocycles. The van der Waals surface area contributed by atoms with Crippen LogP contribution in [0.1, 0.15) is 4.88 Å². The number of H-pyrrole nitrogens is 1. The Bertz CT molecular complexity index is 1050. The zero-order valence-corrected chi connectivity index (χ0v) is 14.7. The number of aromatic amines is 1. The second kappa shape index (κ2) is 6.43. The van der Waals surface area contributed by atoms with E-state index in [4.69, 9.17) is 11.6 Å². The SMILES string of the molecule is O=c1[nH]c(SCc2ccc(Cl)s2)nc2c1cnn2-c1ccccc1. The number of nitrogens with one attached hydrogen (secondary N) is 1. The fourth-order valence-electron chi connectivity index (χ4n) is 2.29. The van der Waals surface area contributed by atoms with E-state index in [-0.39, 0.29) is 5.56 Å². The Morgan fingerprint density at radius 3 is 2.79 bits per heavy atom. The van der Waals surface area contributed by atoms with Gasteiger partial charge in [0.1, 0.15) is 5.39 Å². The first-order valence-corrected chi connectivity index (χ1v) is 9.29. The molecule has 120 valence electrons. The van der Waals surface area contributed by atoms with Crippen LogP contribution in [0.5, 0.6) is 0 Å². The standard InChI is InChI=1S/C16H11ClN4OS2/c17-13-7-6-11(24-13)9-23-16-19-14-12(15(22)20-16)8-18-21(14)10-4-2-1-3-5-10/h1-8H,9H2,(H,19,20,22). The van der Waals surface area contributed by atoms with E-state index in [1.165, 1.54) is 23.1 Å². The van der Waals surface area contributed by atoms with Gasteiger partial charge in [-0.05, 0) is 24.3 Å². The molecule has 24 heavy (non-hydrogen) atoms. The molecule has 0 fully saturated rings. The highest BCUT2D eigenvalue weighted by Crippen LogP contribution is 2.27. The Balaban J connectivity index is 1.71. The highest BCUT2D eigenvalue weighted by atomic mass is 35.5. The van der Waals surface area contributed by atoms with Gasteiger partial charge >= 0.3 is 0 Å². The Hall–Kier alpha value is -2.09. The average molecular weight is 375 g/mol. The highest BCUT2D eigenvalue weighted by molar-refractivity contribution is 7.98. The number of rotatable bonds is 4. The highest BCUT2D eigenvalue weighted by Gasteiger charge is 2.12. The minimum Gasteiger partial charge on any atom is -0.301 e. The molecule has 0 aliphatic carbocycles. The maximum Gasteiger partial charge on any atom is 0.262 e. The lowest BCUT2D eigenvalue weighted by atomic mass is 10.3. The van der Waals surface area contributed by atoms with E-state index in [0.717, 1.165) is 14.9 Å². The molecular weight excluding hydrogens is 364 g/mol. The number of aromatic nitrogens is 4. The first kappa shape index (κ1) is 15.4. The van der Waals surface area contributed by atoms with E-state index in [2.05, 4.69) is 15.1 Å². The predicted molar refractivity (Wildman–Crippen MR) is 98.4 cm³/mol. The van der Waals surface area contributed by atoms with Crippen molar-refractivity contribution < 1.29 is 0 Å². The van der Waals surface area contributed by atoms with Gasteiger partial charge in [0.25, 0.3) is 5.56 Å². The number of halogens is 1. The van der Waals surface area contributed by atoms with Crippen LogP contribution in [0.4, 0.5) is 0 Å². The topological polar surface area (TPSA) is 63.6 Å². The molecule has 4 aromatic rings. The van der Waals surface area contributed by atoms with E-state index >= 15 is 0 Å². The van der Waals surface area contributed by atoms with Crippen LogP contribution in [0.2, 0.25) is 4.34 Å². The molecule has 0 aliphatic rings. The van der Waals surface area contributed by atoms with Gasteiger partial charge in [-0.2, -0.15) is 5.10 Å². The molecule has 1 aromatic carbocycles. The maximum atomic E-state index is 12.3. The molecule has 0 unspecified atom stereocenters. The third kappa shape index (κ3) is 2.98. The molecule has 0 saturated heterocycles. The van der Waals surface area contributed by atoms with Crippen LogP contribution >= 0.6 is 34.7 Å². The monoisotopic (exact) mass is 374 g/mol. The van der Waals surface area contributed by atoms with Crippen molar-refractivity contribution in [1.29, 1.82) is 0 Å². The molecule has 4 rings (SSSR count). The normalized spacial score (nSPS) is 11.2. The Morgan fingerprint density at radius 2 is 2.04 bits per heavy atom. The van der Waals surface area contributed by atoms with E-state index in [1.54, 1.807) is 10.9 Å². The van der Waals surface area contributed by atoms with E-state index in [1.807, 2.05) is 42.5 Å². The first-order valence-electron chi connectivity index (χ1n) is 7.11. The summed E-state index contributed by atoms with van der Waals surface area (Å²) in [5.74, 6) is 0.700. The summed E-state index contributed by atoms with van der Waals surface area (Å²) in [7, 11) is 0. The number of para-hydroxylation sites is 1. The quantitative estimate of drug-likeness (QED) is 0.431. The average Bonchev–Trinajstić information content (AvgIpc) is 3.20. The molecule has 1 N–H and O–H groups in total. The van der Waals surface area contributed by atoms with Gasteiger partial charge in [-0.3, -0.25) is 4.79 Å². The summed E-state index contributed by atoms with van der Waals surface area (Å²) in [5, 5.41) is 5.34. The number of benzene rings is 1. The van der Waals surface area contributed by atoms with E-state index in [9.17, 15) is 4.79 Å². The number of hydrogen-bond acceptors (Lipinski definition) is 5. The summed E-state index contributed by atoms with van der Waals surface area (Å²) in [6, 6.07) is 13.5. The van der Waals surface area contributed by atoms with Gasteiger partial charge < -0.3 is 4.98 Å². The van der Waals surface area contributed by atoms with Gasteiger partial charge in [0.2, 0.25) is 0 Å². The fraction of sp³-hybridized carbons (Fsp3) is 0.0625. The summed E-state index contributed by atoms with van der Waals surface area (Å²) in [5.41, 5.74) is 1.23. The van der Waals surface area contributed by atoms with Gasteiger partial charge in [-0.15, -0.1) is 11.3 Å². The summed E-state index contributed by atoms with van der Waals surface area (Å²) < 4.78 is 2.43. The Labute approximate surface area is 150 Å². The molecule has 8 heteroatoms. The Kier molecular flexibility index (Phi) is 4.13. The number of hydrogen-bond donors (Lipinski definition) is 1. The zero-order chi connectivity index (χ0) is 16.5. The lowest BCUT2D eigenvalue weighted by Crippen LogP contribution is -2.09. The first-order chi connectivity index (χ1) is 11.7. The largest absolute Gasteiger partial charge is 0.301 e. The minimum absolute atomic E-state index is 0.186. The van der Waals surface area contributed by atoms with Gasteiger partial charge in [0.05, 0.1) is 16.2 Å². The van der Waals surface area contributed by atoms with Crippen molar-refractivity contribution in [3.63, 3.8) is 0 Å². The third-order valence-corrected chi connectivity index (χ3v) is 5.73. The summed E-state index contributed by atoms with van der Waals surface area (Å²) in [6.07, 6.45) is 1.54. The van der Waals surface area contributed by atoms with Gasteiger partial charge in [0, 0.05) is 10.6 Å². The zero-order valence-electron chi connectivity index (χ0n) is 12.3. The fourth-order valence-corrected chi connectivity index (χ4v) is 4.28. The number of nitrogens with zero attached hydrogens (tertiary/aromatic N) is 3. The molecule has 0 spiro atoms. The van der Waals surface area contributed by atoms with Crippen LogP contribution in [0.25, 0.3) is 16.7 Å². The number of thiophene rings is 1. The molecule has 0 amide bonds. The van der Waals surface area contributed by atoms with Gasteiger partial charge in [-0.25, -0.2) is 9.67 Å². The smallest absolute Gasteiger partial charge is 0.262 e. The minimum atomic E-state index is -0.186. The van der Waals surface area contributed by atoms with E-state index < -0.39 is 0 Å². The van der Waals surface area contributed by atoms with Crippen LogP contribution in [0, 0.1) is 0 Å². The van der Waals surface area contributed by atoms with E-state index in [0.29, 0.717) is 21.9 Å². The molecule has 5 nitrogen and oxygen atoms in total.